The molecule has 0 bridgehead atoms. The molecule has 4 aliphatic rings. The zero-order valence-corrected chi connectivity index (χ0v) is 23.5. The first-order valence-electron chi connectivity index (χ1n) is 13.5. The monoisotopic (exact) mass is 573 g/mol. The van der Waals surface area contributed by atoms with Crippen molar-refractivity contribution in [2.24, 2.45) is 5.92 Å². The molecule has 0 aliphatic carbocycles. The molecule has 0 radical (unpaired) electrons. The Balaban J connectivity index is 1.55. The molecule has 0 saturated carbocycles. The van der Waals surface area contributed by atoms with E-state index >= 15 is 0 Å². The number of hydrogen-bond acceptors (Lipinski definition) is 7. The molecule has 7 rings (SSSR count). The summed E-state index contributed by atoms with van der Waals surface area (Å²) in [6, 6.07) is 15.4. The highest BCUT2D eigenvalue weighted by molar-refractivity contribution is 6.31. The van der Waals surface area contributed by atoms with Gasteiger partial charge < -0.3 is 24.8 Å². The molecule has 4 heterocycles. The SMILES string of the molecule is COc1cc(C(=O)[C@@H]2[C@H]3CCCN3[C@@]3(C(=O)Nc4ccc(Cl)cc43)[C@]23C(=O)Nc2ccccc23)cc(OC)c1OC. The van der Waals surface area contributed by atoms with Crippen LogP contribution < -0.4 is 24.8 Å². The molecule has 0 unspecified atom stereocenters. The molecule has 3 aromatic carbocycles. The number of Topliss-reactive ketones (excluding diaryl/α,β-unsaturated/α-hetero) is 1. The number of carbonyl (C=O) groups excluding carboxylic acids is 3. The molecule has 2 fully saturated rings. The van der Waals surface area contributed by atoms with Gasteiger partial charge in [-0.3, -0.25) is 19.3 Å². The van der Waals surface area contributed by atoms with Crippen LogP contribution in [-0.2, 0) is 20.5 Å². The Bertz CT molecular complexity index is 1630. The second kappa shape index (κ2) is 8.96. The summed E-state index contributed by atoms with van der Waals surface area (Å²) in [6.07, 6.45) is 1.41. The van der Waals surface area contributed by atoms with Crippen molar-refractivity contribution in [2.45, 2.75) is 29.8 Å². The zero-order valence-electron chi connectivity index (χ0n) is 22.7. The number of nitrogens with one attached hydrogen (secondary N) is 2. The van der Waals surface area contributed by atoms with Gasteiger partial charge in [0.1, 0.15) is 11.0 Å². The van der Waals surface area contributed by atoms with Crippen LogP contribution in [0.2, 0.25) is 5.02 Å². The van der Waals surface area contributed by atoms with Crippen molar-refractivity contribution in [3.05, 3.63) is 76.3 Å². The Morgan fingerprint density at radius 3 is 2.29 bits per heavy atom. The van der Waals surface area contributed by atoms with Crippen LogP contribution in [0.4, 0.5) is 11.4 Å². The highest BCUT2D eigenvalue weighted by Crippen LogP contribution is 2.68. The minimum atomic E-state index is -1.58. The van der Waals surface area contributed by atoms with Crippen LogP contribution >= 0.6 is 11.6 Å². The average molecular weight is 574 g/mol. The van der Waals surface area contributed by atoms with Gasteiger partial charge in [-0.2, -0.15) is 0 Å². The molecule has 41 heavy (non-hydrogen) atoms. The van der Waals surface area contributed by atoms with E-state index in [0.29, 0.717) is 63.3 Å². The van der Waals surface area contributed by atoms with E-state index in [1.54, 1.807) is 30.3 Å². The van der Waals surface area contributed by atoms with Crippen molar-refractivity contribution in [1.29, 1.82) is 0 Å². The first-order valence-corrected chi connectivity index (χ1v) is 13.9. The van der Waals surface area contributed by atoms with Gasteiger partial charge in [0.25, 0.3) is 5.91 Å². The standard InChI is InChI=1S/C31H28ClN3O6/c1-39-23-13-16(14-24(40-2)27(23)41-3)26(36)25-22-9-6-12-35(22)31(19-15-17(32)10-11-21(19)34-29(31)38)30(25)18-7-4-5-8-20(18)33-28(30)37/h4-5,7-8,10-11,13-15,22,25H,6,9,12H2,1-3H3,(H,33,37)(H,34,38)/t22-,25+,30+,31+/m1/s1. The van der Waals surface area contributed by atoms with E-state index in [-0.39, 0.29) is 17.6 Å². The van der Waals surface area contributed by atoms with Crippen LogP contribution in [0.1, 0.15) is 34.3 Å². The lowest BCUT2D eigenvalue weighted by molar-refractivity contribution is -0.137. The minimum absolute atomic E-state index is 0.284. The van der Waals surface area contributed by atoms with E-state index in [0.717, 1.165) is 6.42 Å². The summed E-state index contributed by atoms with van der Waals surface area (Å²) in [7, 11) is 4.47. The molecule has 2 N–H and O–H groups in total. The van der Waals surface area contributed by atoms with Gasteiger partial charge in [0.05, 0.1) is 27.2 Å². The largest absolute Gasteiger partial charge is 0.493 e. The summed E-state index contributed by atoms with van der Waals surface area (Å²) in [5.74, 6) is -0.912. The van der Waals surface area contributed by atoms with E-state index in [1.165, 1.54) is 21.3 Å². The van der Waals surface area contributed by atoms with Crippen LogP contribution in [0.3, 0.4) is 0 Å². The average Bonchev–Trinajstić information content (AvgIpc) is 3.70. The van der Waals surface area contributed by atoms with Gasteiger partial charge in [-0.05, 0) is 61.3 Å². The lowest BCUT2D eigenvalue weighted by Crippen LogP contribution is -2.62. The molecule has 3 aromatic rings. The summed E-state index contributed by atoms with van der Waals surface area (Å²) in [5, 5.41) is 6.51. The summed E-state index contributed by atoms with van der Waals surface area (Å²) in [4.78, 5) is 46.1. The van der Waals surface area contributed by atoms with Gasteiger partial charge in [-0.25, -0.2) is 0 Å². The fraction of sp³-hybridized carbons (Fsp3) is 0.323. The Morgan fingerprint density at radius 1 is 0.902 bits per heavy atom. The number of hydrogen-bond donors (Lipinski definition) is 2. The quantitative estimate of drug-likeness (QED) is 0.436. The topological polar surface area (TPSA) is 106 Å². The number of nitrogens with zero attached hydrogens (tertiary/aromatic N) is 1. The minimum Gasteiger partial charge on any atom is -0.493 e. The van der Waals surface area contributed by atoms with Crippen LogP contribution in [0.5, 0.6) is 17.2 Å². The number of ether oxygens (including phenoxy) is 3. The van der Waals surface area contributed by atoms with Crippen LogP contribution in [0.25, 0.3) is 0 Å². The number of benzene rings is 3. The summed E-state index contributed by atoms with van der Waals surface area (Å²) < 4.78 is 16.6. The zero-order chi connectivity index (χ0) is 28.7. The molecule has 4 aliphatic heterocycles. The number of halogens is 1. The number of methoxy groups -OCH3 is 3. The molecule has 210 valence electrons. The van der Waals surface area contributed by atoms with Crippen molar-refractivity contribution in [3.63, 3.8) is 0 Å². The second-order valence-corrected chi connectivity index (χ2v) is 11.3. The predicted octanol–water partition coefficient (Wildman–Crippen LogP) is 4.38. The van der Waals surface area contributed by atoms with Gasteiger partial charge in [0.2, 0.25) is 11.7 Å². The van der Waals surface area contributed by atoms with Gasteiger partial charge in [0.15, 0.2) is 17.3 Å². The molecule has 10 heteroatoms. The Hall–Kier alpha value is -4.08. The summed E-state index contributed by atoms with van der Waals surface area (Å²) in [6.45, 7) is 0.542. The molecule has 4 atom stereocenters. The Labute approximate surface area is 241 Å². The van der Waals surface area contributed by atoms with E-state index in [1.807, 2.05) is 24.3 Å². The number of anilines is 2. The van der Waals surface area contributed by atoms with Crippen LogP contribution in [-0.4, -0.2) is 56.4 Å². The third-order valence-electron chi connectivity index (χ3n) is 9.29. The Morgan fingerprint density at radius 2 is 1.59 bits per heavy atom. The molecule has 2 amide bonds. The lowest BCUT2D eigenvalue weighted by Gasteiger charge is -2.43. The molecular formula is C31H28ClN3O6. The molecule has 2 saturated heterocycles. The Kier molecular flexibility index (Phi) is 5.65. The first-order chi connectivity index (χ1) is 19.8. The molecule has 2 spiro atoms. The number of amides is 2. The lowest BCUT2D eigenvalue weighted by atomic mass is 9.57. The summed E-state index contributed by atoms with van der Waals surface area (Å²) >= 11 is 6.53. The third-order valence-corrected chi connectivity index (χ3v) is 9.53. The number of para-hydroxylation sites is 1. The normalized spacial score (nSPS) is 27.4. The number of ketones is 1. The number of rotatable bonds is 5. The van der Waals surface area contributed by atoms with E-state index in [9.17, 15) is 14.4 Å². The van der Waals surface area contributed by atoms with Gasteiger partial charge in [-0.15, -0.1) is 0 Å². The third kappa shape index (κ3) is 3.02. The molecule has 9 nitrogen and oxygen atoms in total. The highest BCUT2D eigenvalue weighted by atomic mass is 35.5. The number of carbonyl (C=O) groups is 3. The van der Waals surface area contributed by atoms with Crippen molar-refractivity contribution in [3.8, 4) is 17.2 Å². The highest BCUT2D eigenvalue weighted by Gasteiger charge is 2.81. The van der Waals surface area contributed by atoms with Gasteiger partial charge >= 0.3 is 0 Å². The predicted molar refractivity (Wildman–Crippen MR) is 152 cm³/mol. The first kappa shape index (κ1) is 25.9. The van der Waals surface area contributed by atoms with Crippen LogP contribution in [0.15, 0.2) is 54.6 Å². The molecule has 0 aromatic heterocycles. The maximum atomic E-state index is 15.0. The van der Waals surface area contributed by atoms with Gasteiger partial charge in [0, 0.05) is 33.6 Å². The smallest absolute Gasteiger partial charge is 0.251 e. The summed E-state index contributed by atoms with van der Waals surface area (Å²) in [5.41, 5.74) is -0.374. The van der Waals surface area contributed by atoms with E-state index < -0.39 is 22.9 Å². The second-order valence-electron chi connectivity index (χ2n) is 10.8. The fourth-order valence-corrected chi connectivity index (χ4v) is 8.13. The van der Waals surface area contributed by atoms with Crippen molar-refractivity contribution in [1.82, 2.24) is 4.90 Å². The maximum absolute atomic E-state index is 15.0. The number of fused-ring (bicyclic) bond motifs is 7. The van der Waals surface area contributed by atoms with E-state index in [2.05, 4.69) is 15.5 Å². The van der Waals surface area contributed by atoms with Crippen LogP contribution in [0, 0.1) is 5.92 Å². The maximum Gasteiger partial charge on any atom is 0.251 e. The van der Waals surface area contributed by atoms with Crippen molar-refractivity contribution < 1.29 is 28.6 Å². The fourth-order valence-electron chi connectivity index (χ4n) is 7.95. The van der Waals surface area contributed by atoms with Gasteiger partial charge in [-0.1, -0.05) is 29.8 Å². The molecular weight excluding hydrogens is 546 g/mol. The van der Waals surface area contributed by atoms with Crippen molar-refractivity contribution in [2.75, 3.05) is 38.5 Å². The van der Waals surface area contributed by atoms with Crippen molar-refractivity contribution >= 4 is 40.6 Å². The van der Waals surface area contributed by atoms with E-state index in [4.69, 9.17) is 25.8 Å².